The molecule has 0 atom stereocenters. The van der Waals surface area contributed by atoms with Gasteiger partial charge in [-0.15, -0.1) is 6.58 Å². The van der Waals surface area contributed by atoms with Gasteiger partial charge in [0.15, 0.2) is 0 Å². The molecule has 0 N–H and O–H groups in total. The smallest absolute Gasteiger partial charge is 0.298 e. The molecular formula is C12H23BO3. The molecule has 0 aliphatic carbocycles. The Bertz CT molecular complexity index is 198. The minimum Gasteiger partial charge on any atom is -0.322 e. The fraction of sp³-hybridized carbons (Fsp3) is 0.833. The van der Waals surface area contributed by atoms with Gasteiger partial charge in [-0.2, -0.15) is 0 Å². The zero-order chi connectivity index (χ0) is 12.9. The molecule has 0 saturated carbocycles. The summed E-state index contributed by atoms with van der Waals surface area (Å²) < 4.78 is 17.0. The molecule has 0 fully saturated rings. The summed E-state index contributed by atoms with van der Waals surface area (Å²) in [6.45, 7) is 15.1. The number of rotatable bonds is 7. The van der Waals surface area contributed by atoms with Gasteiger partial charge in [0.1, 0.15) is 7.85 Å². The van der Waals surface area contributed by atoms with Gasteiger partial charge in [0, 0.05) is 0 Å². The molecule has 0 aliphatic rings. The molecule has 92 valence electrons. The van der Waals surface area contributed by atoms with Crippen LogP contribution in [-0.2, 0) is 14.2 Å². The van der Waals surface area contributed by atoms with Crippen LogP contribution in [0.3, 0.4) is 0 Å². The molecule has 3 nitrogen and oxygen atoms in total. The predicted octanol–water partition coefficient (Wildman–Crippen LogP) is 2.60. The first kappa shape index (κ1) is 15.7. The van der Waals surface area contributed by atoms with E-state index in [1.165, 1.54) is 0 Å². The lowest BCUT2D eigenvalue weighted by Gasteiger charge is -2.38. The van der Waals surface area contributed by atoms with Crippen molar-refractivity contribution < 1.29 is 14.2 Å². The molecule has 0 aromatic heterocycles. The van der Waals surface area contributed by atoms with Crippen molar-refractivity contribution >= 4 is 7.85 Å². The molecule has 4 heteroatoms. The third-order valence-corrected chi connectivity index (χ3v) is 1.57. The molecule has 0 aromatic carbocycles. The summed E-state index contributed by atoms with van der Waals surface area (Å²) in [6, 6.07) is 0. The summed E-state index contributed by atoms with van der Waals surface area (Å²) in [4.78, 5) is 0. The maximum Gasteiger partial charge on any atom is 0.298 e. The zero-order valence-electron chi connectivity index (χ0n) is 11.2. The zero-order valence-corrected chi connectivity index (χ0v) is 11.2. The van der Waals surface area contributed by atoms with E-state index in [-0.39, 0.29) is 23.8 Å². The largest absolute Gasteiger partial charge is 0.322 e. The Balaban J connectivity index is 4.96. The normalized spacial score (nSPS) is 12.8. The van der Waals surface area contributed by atoms with Gasteiger partial charge in [-0.3, -0.25) is 0 Å². The van der Waals surface area contributed by atoms with Gasteiger partial charge in [0.05, 0.1) is 18.3 Å². The topological polar surface area (TPSA) is 27.7 Å². The standard InChI is InChI=1S/C12H23BO3/c1-8(2)14-12(11(7)13,15-9(3)4)16-10(5)6/h8-10H,7H2,1-6H3. The Labute approximate surface area is 101 Å². The van der Waals surface area contributed by atoms with E-state index in [1.54, 1.807) is 0 Å². The first-order chi connectivity index (χ1) is 7.19. The predicted molar refractivity (Wildman–Crippen MR) is 66.3 cm³/mol. The summed E-state index contributed by atoms with van der Waals surface area (Å²) >= 11 is 0. The SMILES string of the molecule is [B]C(=C)C(OC(C)C)(OC(C)C)OC(C)C. The summed E-state index contributed by atoms with van der Waals surface area (Å²) in [5.74, 6) is -1.35. The van der Waals surface area contributed by atoms with Crippen molar-refractivity contribution in [2.24, 2.45) is 0 Å². The van der Waals surface area contributed by atoms with E-state index in [2.05, 4.69) is 6.58 Å². The van der Waals surface area contributed by atoms with E-state index >= 15 is 0 Å². The second-order valence-electron chi connectivity index (χ2n) is 4.58. The quantitative estimate of drug-likeness (QED) is 0.493. The van der Waals surface area contributed by atoms with Gasteiger partial charge in [-0.1, -0.05) is 0 Å². The molecule has 16 heavy (non-hydrogen) atoms. The van der Waals surface area contributed by atoms with Gasteiger partial charge in [0.2, 0.25) is 0 Å². The molecule has 0 saturated heterocycles. The highest BCUT2D eigenvalue weighted by Gasteiger charge is 2.37. The highest BCUT2D eigenvalue weighted by Crippen LogP contribution is 2.27. The minimum absolute atomic E-state index is 0.0715. The van der Waals surface area contributed by atoms with Crippen molar-refractivity contribution in [1.82, 2.24) is 0 Å². The average molecular weight is 226 g/mol. The molecule has 0 aromatic rings. The van der Waals surface area contributed by atoms with Crippen LogP contribution in [0.1, 0.15) is 41.5 Å². The summed E-state index contributed by atoms with van der Waals surface area (Å²) in [5, 5.41) is 0. The van der Waals surface area contributed by atoms with Crippen molar-refractivity contribution in [1.29, 1.82) is 0 Å². The first-order valence-corrected chi connectivity index (χ1v) is 5.68. The molecule has 0 bridgehead atoms. The summed E-state index contributed by atoms with van der Waals surface area (Å²) in [6.07, 6.45) is -0.214. The number of hydrogen-bond donors (Lipinski definition) is 0. The molecular weight excluding hydrogens is 203 g/mol. The van der Waals surface area contributed by atoms with Crippen LogP contribution < -0.4 is 0 Å². The molecule has 0 heterocycles. The number of hydrogen-bond acceptors (Lipinski definition) is 3. The Kier molecular flexibility index (Phi) is 6.30. The lowest BCUT2D eigenvalue weighted by Crippen LogP contribution is -2.46. The Hall–Kier alpha value is -0.315. The Morgan fingerprint density at radius 3 is 1.25 bits per heavy atom. The van der Waals surface area contributed by atoms with E-state index in [0.29, 0.717) is 0 Å². The minimum atomic E-state index is -1.35. The maximum absolute atomic E-state index is 5.75. The first-order valence-electron chi connectivity index (χ1n) is 5.68. The van der Waals surface area contributed by atoms with Crippen LogP contribution >= 0.6 is 0 Å². The van der Waals surface area contributed by atoms with Crippen molar-refractivity contribution in [3.05, 3.63) is 12.1 Å². The van der Waals surface area contributed by atoms with Crippen molar-refractivity contribution in [2.45, 2.75) is 65.8 Å². The summed E-state index contributed by atoms with van der Waals surface area (Å²) in [7, 11) is 5.75. The van der Waals surface area contributed by atoms with Crippen molar-refractivity contribution in [2.75, 3.05) is 0 Å². The van der Waals surface area contributed by atoms with E-state index in [4.69, 9.17) is 22.1 Å². The van der Waals surface area contributed by atoms with Crippen LogP contribution in [0.5, 0.6) is 0 Å². The van der Waals surface area contributed by atoms with Crippen LogP contribution in [-0.4, -0.2) is 32.1 Å². The van der Waals surface area contributed by atoms with Crippen LogP contribution in [0, 0.1) is 0 Å². The van der Waals surface area contributed by atoms with E-state index < -0.39 is 5.97 Å². The highest BCUT2D eigenvalue weighted by atomic mass is 16.9. The highest BCUT2D eigenvalue weighted by molar-refractivity contribution is 6.22. The lowest BCUT2D eigenvalue weighted by molar-refractivity contribution is -0.383. The molecule has 0 rings (SSSR count). The van der Waals surface area contributed by atoms with Crippen molar-refractivity contribution in [3.8, 4) is 0 Å². The van der Waals surface area contributed by atoms with E-state index in [9.17, 15) is 0 Å². The third-order valence-electron chi connectivity index (χ3n) is 1.57. The summed E-state index contributed by atoms with van der Waals surface area (Å²) in [5.41, 5.74) is 0.226. The second-order valence-corrected chi connectivity index (χ2v) is 4.58. The van der Waals surface area contributed by atoms with E-state index in [1.807, 2.05) is 41.5 Å². The second kappa shape index (κ2) is 6.43. The van der Waals surface area contributed by atoms with Gasteiger partial charge >= 0.3 is 0 Å². The number of ether oxygens (including phenoxy) is 3. The molecule has 0 aliphatic heterocycles. The average Bonchev–Trinajstić information content (AvgIpc) is 1.98. The van der Waals surface area contributed by atoms with Crippen LogP contribution in [0.15, 0.2) is 12.1 Å². The fourth-order valence-corrected chi connectivity index (χ4v) is 1.24. The Morgan fingerprint density at radius 2 is 1.12 bits per heavy atom. The molecule has 0 spiro atoms. The maximum atomic E-state index is 5.75. The van der Waals surface area contributed by atoms with Crippen LogP contribution in [0.2, 0.25) is 0 Å². The van der Waals surface area contributed by atoms with Crippen LogP contribution in [0.25, 0.3) is 0 Å². The molecule has 2 radical (unpaired) electrons. The third kappa shape index (κ3) is 5.15. The van der Waals surface area contributed by atoms with Crippen LogP contribution in [0.4, 0.5) is 0 Å². The van der Waals surface area contributed by atoms with Crippen molar-refractivity contribution in [3.63, 3.8) is 0 Å². The van der Waals surface area contributed by atoms with Gasteiger partial charge < -0.3 is 14.2 Å². The fourth-order valence-electron chi connectivity index (χ4n) is 1.24. The Morgan fingerprint density at radius 1 is 0.875 bits per heavy atom. The van der Waals surface area contributed by atoms with Gasteiger partial charge in [-0.05, 0) is 47.0 Å². The van der Waals surface area contributed by atoms with Gasteiger partial charge in [0.25, 0.3) is 5.97 Å². The monoisotopic (exact) mass is 226 g/mol. The van der Waals surface area contributed by atoms with E-state index in [0.717, 1.165) is 0 Å². The molecule has 0 amide bonds. The van der Waals surface area contributed by atoms with Gasteiger partial charge in [-0.25, -0.2) is 0 Å². The molecule has 0 unspecified atom stereocenters. The lowest BCUT2D eigenvalue weighted by atomic mass is 9.94.